The van der Waals surface area contributed by atoms with Crippen molar-refractivity contribution in [2.24, 2.45) is 5.73 Å². The average molecular weight is 151 g/mol. The predicted molar refractivity (Wildman–Crippen MR) is 38.8 cm³/mol. The summed E-state index contributed by atoms with van der Waals surface area (Å²) in [6.45, 7) is 0.864. The summed E-state index contributed by atoms with van der Waals surface area (Å²) in [5.41, 5.74) is 5.18. The molecule has 0 spiro atoms. The van der Waals surface area contributed by atoms with Crippen LogP contribution in [0.3, 0.4) is 0 Å². The van der Waals surface area contributed by atoms with Gasteiger partial charge < -0.3 is 10.3 Å². The first-order chi connectivity index (χ1) is 5.29. The Labute approximate surface area is 64.0 Å². The lowest BCUT2D eigenvalue weighted by atomic mass is 10.1. The zero-order chi connectivity index (χ0) is 7.84. The Hall–Kier alpha value is -1.32. The van der Waals surface area contributed by atoms with E-state index >= 15 is 0 Å². The lowest BCUT2D eigenvalue weighted by Gasteiger charge is -1.99. The van der Waals surface area contributed by atoms with E-state index in [1.807, 2.05) is 10.8 Å². The third-order valence-corrected chi connectivity index (χ3v) is 2.06. The van der Waals surface area contributed by atoms with Crippen LogP contribution in [-0.2, 0) is 11.3 Å². The molecule has 11 heavy (non-hydrogen) atoms. The largest absolute Gasteiger partial charge is 0.369 e. The third kappa shape index (κ3) is 0.824. The van der Waals surface area contributed by atoms with E-state index in [-0.39, 0.29) is 11.8 Å². The minimum atomic E-state index is -0.269. The fourth-order valence-electron chi connectivity index (χ4n) is 1.49. The SMILES string of the molecule is NC(=O)[C@@H]1CCn2ccnc21. The van der Waals surface area contributed by atoms with Crippen LogP contribution in [0.2, 0.25) is 0 Å². The zero-order valence-corrected chi connectivity index (χ0v) is 6.03. The molecule has 1 aromatic heterocycles. The maximum absolute atomic E-state index is 10.8. The number of fused-ring (bicyclic) bond motifs is 1. The highest BCUT2D eigenvalue weighted by molar-refractivity contribution is 5.81. The molecule has 2 rings (SSSR count). The summed E-state index contributed by atoms with van der Waals surface area (Å²) in [5.74, 6) is 0.387. The molecule has 2 N–H and O–H groups in total. The van der Waals surface area contributed by atoms with Crippen LogP contribution in [0.15, 0.2) is 12.4 Å². The van der Waals surface area contributed by atoms with E-state index in [0.717, 1.165) is 18.8 Å². The van der Waals surface area contributed by atoms with Crippen molar-refractivity contribution in [3.05, 3.63) is 18.2 Å². The molecule has 1 aliphatic heterocycles. The molecule has 0 unspecified atom stereocenters. The van der Waals surface area contributed by atoms with Gasteiger partial charge in [0, 0.05) is 18.9 Å². The number of nitrogens with zero attached hydrogens (tertiary/aromatic N) is 2. The first-order valence-corrected chi connectivity index (χ1v) is 3.59. The minimum Gasteiger partial charge on any atom is -0.369 e. The number of aromatic nitrogens is 2. The predicted octanol–water partition coefficient (Wildman–Crippen LogP) is -0.144. The van der Waals surface area contributed by atoms with Gasteiger partial charge in [-0.05, 0) is 6.42 Å². The Bertz CT molecular complexity index is 292. The van der Waals surface area contributed by atoms with Crippen molar-refractivity contribution in [3.8, 4) is 0 Å². The van der Waals surface area contributed by atoms with Gasteiger partial charge in [-0.1, -0.05) is 0 Å². The maximum Gasteiger partial charge on any atom is 0.228 e. The number of nitrogens with two attached hydrogens (primary N) is 1. The van der Waals surface area contributed by atoms with Crippen LogP contribution in [0.4, 0.5) is 0 Å². The Morgan fingerprint density at radius 3 is 3.36 bits per heavy atom. The molecule has 0 saturated carbocycles. The topological polar surface area (TPSA) is 60.9 Å². The number of imidazole rings is 1. The molecule has 2 heterocycles. The molecule has 4 nitrogen and oxygen atoms in total. The number of primary amides is 1. The summed E-state index contributed by atoms with van der Waals surface area (Å²) >= 11 is 0. The number of amides is 1. The number of rotatable bonds is 1. The number of aryl methyl sites for hydroxylation is 1. The van der Waals surface area contributed by atoms with Crippen LogP contribution in [-0.4, -0.2) is 15.5 Å². The molecule has 1 amide bonds. The molecule has 0 fully saturated rings. The molecule has 58 valence electrons. The van der Waals surface area contributed by atoms with Gasteiger partial charge in [-0.15, -0.1) is 0 Å². The molecular formula is C7H9N3O. The highest BCUT2D eigenvalue weighted by Crippen LogP contribution is 2.25. The first-order valence-electron chi connectivity index (χ1n) is 3.59. The third-order valence-electron chi connectivity index (χ3n) is 2.06. The van der Waals surface area contributed by atoms with Gasteiger partial charge in [0.2, 0.25) is 5.91 Å². The molecule has 0 aromatic carbocycles. The van der Waals surface area contributed by atoms with Gasteiger partial charge in [-0.3, -0.25) is 4.79 Å². The fraction of sp³-hybridized carbons (Fsp3) is 0.429. The lowest BCUT2D eigenvalue weighted by Crippen LogP contribution is -2.19. The summed E-state index contributed by atoms with van der Waals surface area (Å²) < 4.78 is 1.97. The molecule has 0 bridgehead atoms. The Morgan fingerprint density at radius 1 is 1.82 bits per heavy atom. The summed E-state index contributed by atoms with van der Waals surface area (Å²) in [4.78, 5) is 14.9. The highest BCUT2D eigenvalue weighted by Gasteiger charge is 2.27. The molecular weight excluding hydrogens is 142 g/mol. The smallest absolute Gasteiger partial charge is 0.228 e. The molecule has 0 aliphatic carbocycles. The van der Waals surface area contributed by atoms with Gasteiger partial charge in [0.15, 0.2) is 0 Å². The Morgan fingerprint density at radius 2 is 2.64 bits per heavy atom. The van der Waals surface area contributed by atoms with Gasteiger partial charge in [0.05, 0.1) is 5.92 Å². The van der Waals surface area contributed by atoms with E-state index in [0.29, 0.717) is 0 Å². The standard InChI is InChI=1S/C7H9N3O/c8-6(11)5-1-3-10-4-2-9-7(5)10/h2,4-5H,1,3H2,(H2,8,11)/t5-/m0/s1. The molecule has 1 aliphatic rings. The van der Waals surface area contributed by atoms with Gasteiger partial charge in [0.1, 0.15) is 5.82 Å². The molecule has 0 radical (unpaired) electrons. The Kier molecular flexibility index (Phi) is 1.21. The second kappa shape index (κ2) is 2.08. The average Bonchev–Trinajstić information content (AvgIpc) is 2.41. The summed E-state index contributed by atoms with van der Waals surface area (Å²) in [6, 6.07) is 0. The van der Waals surface area contributed by atoms with Crippen LogP contribution in [0.1, 0.15) is 18.2 Å². The molecule has 1 atom stereocenters. The van der Waals surface area contributed by atoms with Crippen molar-refractivity contribution < 1.29 is 4.79 Å². The molecule has 1 aromatic rings. The van der Waals surface area contributed by atoms with E-state index in [1.165, 1.54) is 0 Å². The fourth-order valence-corrected chi connectivity index (χ4v) is 1.49. The van der Waals surface area contributed by atoms with Gasteiger partial charge in [0.25, 0.3) is 0 Å². The second-order valence-electron chi connectivity index (χ2n) is 2.72. The quantitative estimate of drug-likeness (QED) is 0.607. The van der Waals surface area contributed by atoms with E-state index < -0.39 is 0 Å². The van der Waals surface area contributed by atoms with Gasteiger partial charge in [-0.25, -0.2) is 4.98 Å². The van der Waals surface area contributed by atoms with Crippen molar-refractivity contribution in [3.63, 3.8) is 0 Å². The van der Waals surface area contributed by atoms with Crippen molar-refractivity contribution in [2.45, 2.75) is 18.9 Å². The lowest BCUT2D eigenvalue weighted by molar-refractivity contribution is -0.119. The second-order valence-corrected chi connectivity index (χ2v) is 2.72. The zero-order valence-electron chi connectivity index (χ0n) is 6.03. The van der Waals surface area contributed by atoms with Crippen LogP contribution in [0.25, 0.3) is 0 Å². The monoisotopic (exact) mass is 151 g/mol. The summed E-state index contributed by atoms with van der Waals surface area (Å²) in [7, 11) is 0. The first kappa shape index (κ1) is 6.39. The van der Waals surface area contributed by atoms with Crippen molar-refractivity contribution in [2.75, 3.05) is 0 Å². The Balaban J connectivity index is 2.38. The minimum absolute atomic E-state index is 0.162. The van der Waals surface area contributed by atoms with Crippen LogP contribution >= 0.6 is 0 Å². The van der Waals surface area contributed by atoms with Gasteiger partial charge in [-0.2, -0.15) is 0 Å². The summed E-state index contributed by atoms with van der Waals surface area (Å²) in [5, 5.41) is 0. The molecule has 0 saturated heterocycles. The van der Waals surface area contributed by atoms with Crippen molar-refractivity contribution >= 4 is 5.91 Å². The number of carbonyl (C=O) groups excluding carboxylic acids is 1. The van der Waals surface area contributed by atoms with Crippen molar-refractivity contribution in [1.82, 2.24) is 9.55 Å². The number of hydrogen-bond acceptors (Lipinski definition) is 2. The summed E-state index contributed by atoms with van der Waals surface area (Å²) in [6.07, 6.45) is 4.38. The van der Waals surface area contributed by atoms with Crippen LogP contribution in [0, 0.1) is 0 Å². The van der Waals surface area contributed by atoms with E-state index in [1.54, 1.807) is 6.20 Å². The van der Waals surface area contributed by atoms with E-state index in [4.69, 9.17) is 5.73 Å². The number of carbonyl (C=O) groups is 1. The van der Waals surface area contributed by atoms with Crippen LogP contribution in [0.5, 0.6) is 0 Å². The van der Waals surface area contributed by atoms with E-state index in [9.17, 15) is 4.79 Å². The van der Waals surface area contributed by atoms with Crippen LogP contribution < -0.4 is 5.73 Å². The normalized spacial score (nSPS) is 21.6. The number of hydrogen-bond donors (Lipinski definition) is 1. The molecule has 4 heteroatoms. The van der Waals surface area contributed by atoms with E-state index in [2.05, 4.69) is 4.98 Å². The maximum atomic E-state index is 10.8. The highest BCUT2D eigenvalue weighted by atomic mass is 16.1. The van der Waals surface area contributed by atoms with Crippen molar-refractivity contribution in [1.29, 1.82) is 0 Å². The van der Waals surface area contributed by atoms with Gasteiger partial charge >= 0.3 is 0 Å².